The van der Waals surface area contributed by atoms with Gasteiger partial charge in [-0.1, -0.05) is 37.3 Å². The van der Waals surface area contributed by atoms with Crippen molar-refractivity contribution >= 4 is 6.03 Å². The topological polar surface area (TPSA) is 76.0 Å². The molecule has 2 N–H and O–H groups in total. The van der Waals surface area contributed by atoms with Crippen LogP contribution in [0.5, 0.6) is 0 Å². The van der Waals surface area contributed by atoms with Gasteiger partial charge in [-0.3, -0.25) is 4.79 Å². The standard InChI is InChI=1S/C16H20N4O2/c1-2-10-17-16(22)18-11-12-20-15(21)9-8-14(19-20)13-6-4-3-5-7-13/h3-9H,2,10-12H2,1H3,(H2,17,18,22). The molecule has 6 heteroatoms. The summed E-state index contributed by atoms with van der Waals surface area (Å²) in [6.07, 6.45) is 0.882. The van der Waals surface area contributed by atoms with Crippen LogP contribution in [0.1, 0.15) is 13.3 Å². The van der Waals surface area contributed by atoms with Crippen molar-refractivity contribution in [3.8, 4) is 11.3 Å². The number of nitrogens with zero attached hydrogens (tertiary/aromatic N) is 2. The lowest BCUT2D eigenvalue weighted by Gasteiger charge is -2.09. The second kappa shape index (κ2) is 7.97. The third-order valence-corrected chi connectivity index (χ3v) is 3.08. The lowest BCUT2D eigenvalue weighted by molar-refractivity contribution is 0.240. The molecule has 1 aromatic heterocycles. The molecule has 1 aromatic carbocycles. The van der Waals surface area contributed by atoms with E-state index in [1.165, 1.54) is 10.7 Å². The third-order valence-electron chi connectivity index (χ3n) is 3.08. The van der Waals surface area contributed by atoms with Gasteiger partial charge in [0.15, 0.2) is 0 Å². The highest BCUT2D eigenvalue weighted by Gasteiger charge is 2.04. The molecule has 0 spiro atoms. The number of benzene rings is 1. The maximum Gasteiger partial charge on any atom is 0.314 e. The summed E-state index contributed by atoms with van der Waals surface area (Å²) in [7, 11) is 0. The van der Waals surface area contributed by atoms with Gasteiger partial charge < -0.3 is 10.6 Å². The first-order chi connectivity index (χ1) is 10.7. The van der Waals surface area contributed by atoms with Gasteiger partial charge in [-0.2, -0.15) is 5.10 Å². The van der Waals surface area contributed by atoms with Crippen molar-refractivity contribution in [2.45, 2.75) is 19.9 Å². The zero-order valence-electron chi connectivity index (χ0n) is 12.6. The Morgan fingerprint density at radius 3 is 2.55 bits per heavy atom. The lowest BCUT2D eigenvalue weighted by Crippen LogP contribution is -2.38. The van der Waals surface area contributed by atoms with Gasteiger partial charge in [-0.15, -0.1) is 0 Å². The van der Waals surface area contributed by atoms with Gasteiger partial charge in [0.1, 0.15) is 0 Å². The minimum atomic E-state index is -0.228. The number of rotatable bonds is 6. The molecule has 2 rings (SSSR count). The molecule has 0 aliphatic carbocycles. The van der Waals surface area contributed by atoms with E-state index >= 15 is 0 Å². The SMILES string of the molecule is CCCNC(=O)NCCn1nc(-c2ccccc2)ccc1=O. The second-order valence-corrected chi connectivity index (χ2v) is 4.83. The molecule has 22 heavy (non-hydrogen) atoms. The zero-order chi connectivity index (χ0) is 15.8. The van der Waals surface area contributed by atoms with Crippen molar-refractivity contribution in [1.29, 1.82) is 0 Å². The summed E-state index contributed by atoms with van der Waals surface area (Å²) in [4.78, 5) is 23.3. The summed E-state index contributed by atoms with van der Waals surface area (Å²) < 4.78 is 1.36. The molecule has 0 saturated heterocycles. The fourth-order valence-corrected chi connectivity index (χ4v) is 1.95. The van der Waals surface area contributed by atoms with Crippen LogP contribution in [0.25, 0.3) is 11.3 Å². The van der Waals surface area contributed by atoms with Crippen LogP contribution >= 0.6 is 0 Å². The Balaban J connectivity index is 1.99. The van der Waals surface area contributed by atoms with Crippen molar-refractivity contribution in [3.05, 3.63) is 52.8 Å². The number of amides is 2. The van der Waals surface area contributed by atoms with E-state index in [1.807, 2.05) is 37.3 Å². The molecule has 0 bridgehead atoms. The van der Waals surface area contributed by atoms with Crippen molar-refractivity contribution in [3.63, 3.8) is 0 Å². The molecule has 116 valence electrons. The highest BCUT2D eigenvalue weighted by atomic mass is 16.2. The lowest BCUT2D eigenvalue weighted by atomic mass is 10.1. The Kier molecular flexibility index (Phi) is 5.71. The molecule has 2 amide bonds. The number of urea groups is 1. The first-order valence-electron chi connectivity index (χ1n) is 7.36. The number of carbonyl (C=O) groups excluding carboxylic acids is 1. The Morgan fingerprint density at radius 2 is 1.82 bits per heavy atom. The average molecular weight is 300 g/mol. The largest absolute Gasteiger partial charge is 0.338 e. The molecule has 0 fully saturated rings. The predicted octanol–water partition coefficient (Wildman–Crippen LogP) is 1.62. The van der Waals surface area contributed by atoms with E-state index in [0.29, 0.717) is 19.6 Å². The maximum absolute atomic E-state index is 11.8. The van der Waals surface area contributed by atoms with Crippen LogP contribution in [-0.4, -0.2) is 28.9 Å². The minimum Gasteiger partial charge on any atom is -0.338 e. The second-order valence-electron chi connectivity index (χ2n) is 4.83. The van der Waals surface area contributed by atoms with Crippen molar-refractivity contribution < 1.29 is 4.79 Å². The number of hydrogen-bond donors (Lipinski definition) is 2. The van der Waals surface area contributed by atoms with Crippen molar-refractivity contribution in [2.75, 3.05) is 13.1 Å². The van der Waals surface area contributed by atoms with Crippen molar-refractivity contribution in [1.82, 2.24) is 20.4 Å². The van der Waals surface area contributed by atoms with Gasteiger partial charge in [0.05, 0.1) is 12.2 Å². The van der Waals surface area contributed by atoms with Gasteiger partial charge in [0, 0.05) is 24.7 Å². The van der Waals surface area contributed by atoms with Crippen LogP contribution in [0.2, 0.25) is 0 Å². The van der Waals surface area contributed by atoms with Crippen LogP contribution in [0, 0.1) is 0 Å². The highest BCUT2D eigenvalue weighted by molar-refractivity contribution is 5.73. The van der Waals surface area contributed by atoms with E-state index < -0.39 is 0 Å². The van der Waals surface area contributed by atoms with Gasteiger partial charge in [0.25, 0.3) is 5.56 Å². The fourth-order valence-electron chi connectivity index (χ4n) is 1.95. The third kappa shape index (κ3) is 4.44. The smallest absolute Gasteiger partial charge is 0.314 e. The molecule has 2 aromatic rings. The van der Waals surface area contributed by atoms with E-state index in [-0.39, 0.29) is 11.6 Å². The first-order valence-corrected chi connectivity index (χ1v) is 7.36. The average Bonchev–Trinajstić information content (AvgIpc) is 2.55. The van der Waals surface area contributed by atoms with E-state index in [4.69, 9.17) is 0 Å². The van der Waals surface area contributed by atoms with Crippen LogP contribution in [-0.2, 0) is 6.54 Å². The van der Waals surface area contributed by atoms with Crippen LogP contribution in [0.3, 0.4) is 0 Å². The molecular weight excluding hydrogens is 280 g/mol. The molecule has 0 radical (unpaired) electrons. The fraction of sp³-hybridized carbons (Fsp3) is 0.312. The molecule has 0 atom stereocenters. The quantitative estimate of drug-likeness (QED) is 0.851. The van der Waals surface area contributed by atoms with E-state index in [0.717, 1.165) is 17.7 Å². The van der Waals surface area contributed by atoms with E-state index in [1.54, 1.807) is 6.07 Å². The summed E-state index contributed by atoms with van der Waals surface area (Å²) in [5.41, 5.74) is 1.50. The number of carbonyl (C=O) groups is 1. The summed E-state index contributed by atoms with van der Waals surface area (Å²) in [5.74, 6) is 0. The van der Waals surface area contributed by atoms with Crippen molar-refractivity contribution in [2.24, 2.45) is 0 Å². The van der Waals surface area contributed by atoms with Gasteiger partial charge >= 0.3 is 6.03 Å². The Bertz CT molecular complexity index is 667. The Labute approximate surface area is 129 Å². The predicted molar refractivity (Wildman–Crippen MR) is 85.6 cm³/mol. The Morgan fingerprint density at radius 1 is 1.09 bits per heavy atom. The zero-order valence-corrected chi connectivity index (χ0v) is 12.6. The minimum absolute atomic E-state index is 0.185. The maximum atomic E-state index is 11.8. The number of nitrogens with one attached hydrogen (secondary N) is 2. The molecule has 0 aliphatic rings. The van der Waals surface area contributed by atoms with Crippen LogP contribution < -0.4 is 16.2 Å². The normalized spacial score (nSPS) is 10.2. The highest BCUT2D eigenvalue weighted by Crippen LogP contribution is 2.13. The summed E-state index contributed by atoms with van der Waals surface area (Å²) >= 11 is 0. The summed E-state index contributed by atoms with van der Waals surface area (Å²) in [6.45, 7) is 3.30. The van der Waals surface area contributed by atoms with E-state index in [2.05, 4.69) is 15.7 Å². The first kappa shape index (κ1) is 15.8. The molecule has 1 heterocycles. The van der Waals surface area contributed by atoms with Gasteiger partial charge in [-0.05, 0) is 12.5 Å². The summed E-state index contributed by atoms with van der Waals surface area (Å²) in [6, 6.07) is 12.6. The number of aromatic nitrogens is 2. The van der Waals surface area contributed by atoms with E-state index in [9.17, 15) is 9.59 Å². The van der Waals surface area contributed by atoms with Crippen LogP contribution in [0.4, 0.5) is 4.79 Å². The van der Waals surface area contributed by atoms with Gasteiger partial charge in [0.2, 0.25) is 0 Å². The summed E-state index contributed by atoms with van der Waals surface area (Å²) in [5, 5.41) is 9.75. The Hall–Kier alpha value is -2.63. The number of hydrogen-bond acceptors (Lipinski definition) is 3. The molecule has 6 nitrogen and oxygen atoms in total. The van der Waals surface area contributed by atoms with Gasteiger partial charge in [-0.25, -0.2) is 9.48 Å². The molecule has 0 aliphatic heterocycles. The molecular formula is C16H20N4O2. The van der Waals surface area contributed by atoms with Crippen LogP contribution in [0.15, 0.2) is 47.3 Å². The monoisotopic (exact) mass is 300 g/mol. The molecule has 0 unspecified atom stereocenters. The molecule has 0 saturated carbocycles.